The van der Waals surface area contributed by atoms with Crippen molar-refractivity contribution in [2.24, 2.45) is 0 Å². The monoisotopic (exact) mass is 373 g/mol. The maximum absolute atomic E-state index is 12.0. The van der Waals surface area contributed by atoms with E-state index >= 15 is 0 Å². The molecule has 1 aliphatic heterocycles. The zero-order valence-corrected chi connectivity index (χ0v) is 15.2. The molecular formula is C18H19N3O4S. The van der Waals surface area contributed by atoms with Gasteiger partial charge in [-0.15, -0.1) is 11.3 Å². The van der Waals surface area contributed by atoms with Gasteiger partial charge in [-0.2, -0.15) is 0 Å². The topological polar surface area (TPSA) is 88.6 Å². The zero-order valence-electron chi connectivity index (χ0n) is 14.4. The smallest absolute Gasteiger partial charge is 0.338 e. The molecule has 8 heteroatoms. The van der Waals surface area contributed by atoms with E-state index in [1.807, 2.05) is 12.3 Å². The molecule has 0 atom stereocenters. The third-order valence-corrected chi connectivity index (χ3v) is 4.81. The van der Waals surface area contributed by atoms with Gasteiger partial charge in [-0.25, -0.2) is 9.78 Å². The van der Waals surface area contributed by atoms with Gasteiger partial charge >= 0.3 is 5.97 Å². The van der Waals surface area contributed by atoms with Gasteiger partial charge in [0.25, 0.3) is 5.91 Å². The van der Waals surface area contributed by atoms with Gasteiger partial charge in [0.1, 0.15) is 0 Å². The number of esters is 1. The standard InChI is InChI=1S/C18H19N3O4S/c1-12-11-26-18(19-12)20-15(22)10-25-17(24)14-6-4-13(5-7-14)9-21-8-2-3-16(21)23/h4-7,11H,2-3,8-10H2,1H3,(H,19,20,22). The summed E-state index contributed by atoms with van der Waals surface area (Å²) in [5, 5.41) is 4.87. The second kappa shape index (κ2) is 8.09. The van der Waals surface area contributed by atoms with Crippen LogP contribution < -0.4 is 5.32 Å². The van der Waals surface area contributed by atoms with Crippen molar-refractivity contribution in [2.45, 2.75) is 26.3 Å². The summed E-state index contributed by atoms with van der Waals surface area (Å²) in [4.78, 5) is 41.4. The van der Waals surface area contributed by atoms with Gasteiger partial charge in [0.05, 0.1) is 11.3 Å². The summed E-state index contributed by atoms with van der Waals surface area (Å²) in [6.45, 7) is 2.77. The molecule has 0 saturated carbocycles. The highest BCUT2D eigenvalue weighted by Gasteiger charge is 2.20. The second-order valence-electron chi connectivity index (χ2n) is 6.03. The molecule has 26 heavy (non-hydrogen) atoms. The lowest BCUT2D eigenvalue weighted by atomic mass is 10.1. The van der Waals surface area contributed by atoms with Crippen LogP contribution in [0.15, 0.2) is 29.6 Å². The maximum atomic E-state index is 12.0. The van der Waals surface area contributed by atoms with Gasteiger partial charge in [0.2, 0.25) is 5.91 Å². The highest BCUT2D eigenvalue weighted by Crippen LogP contribution is 2.16. The van der Waals surface area contributed by atoms with Crippen LogP contribution in [0.5, 0.6) is 0 Å². The van der Waals surface area contributed by atoms with Crippen molar-refractivity contribution in [3.8, 4) is 0 Å². The molecule has 1 aliphatic rings. The van der Waals surface area contributed by atoms with Crippen LogP contribution in [0, 0.1) is 6.92 Å². The van der Waals surface area contributed by atoms with E-state index in [-0.39, 0.29) is 12.5 Å². The first-order valence-electron chi connectivity index (χ1n) is 8.27. The van der Waals surface area contributed by atoms with E-state index in [4.69, 9.17) is 4.74 Å². The van der Waals surface area contributed by atoms with Crippen molar-refractivity contribution in [2.75, 3.05) is 18.5 Å². The quantitative estimate of drug-likeness (QED) is 0.786. The Kier molecular flexibility index (Phi) is 5.62. The Balaban J connectivity index is 1.48. The number of nitrogens with one attached hydrogen (secondary N) is 1. The van der Waals surface area contributed by atoms with Gasteiger partial charge in [-0.1, -0.05) is 12.1 Å². The summed E-state index contributed by atoms with van der Waals surface area (Å²) in [6.07, 6.45) is 1.50. The number of rotatable bonds is 6. The van der Waals surface area contributed by atoms with Crippen LogP contribution in [-0.4, -0.2) is 40.8 Å². The molecule has 0 aliphatic carbocycles. The summed E-state index contributed by atoms with van der Waals surface area (Å²) in [6, 6.07) is 6.86. The van der Waals surface area contributed by atoms with Crippen LogP contribution in [0.25, 0.3) is 0 Å². The number of aromatic nitrogens is 1. The van der Waals surface area contributed by atoms with E-state index in [9.17, 15) is 14.4 Å². The number of ether oxygens (including phenoxy) is 1. The number of likely N-dealkylation sites (tertiary alicyclic amines) is 1. The Labute approximate surface area is 155 Å². The minimum Gasteiger partial charge on any atom is -0.452 e. The molecule has 0 bridgehead atoms. The molecule has 1 saturated heterocycles. The van der Waals surface area contributed by atoms with Gasteiger partial charge in [-0.3, -0.25) is 14.9 Å². The molecular weight excluding hydrogens is 354 g/mol. The number of nitrogens with zero attached hydrogens (tertiary/aromatic N) is 2. The van der Waals surface area contributed by atoms with Gasteiger partial charge < -0.3 is 9.64 Å². The minimum absolute atomic E-state index is 0.162. The van der Waals surface area contributed by atoms with E-state index in [1.54, 1.807) is 29.2 Å². The Hall–Kier alpha value is -2.74. The lowest BCUT2D eigenvalue weighted by Gasteiger charge is -2.15. The van der Waals surface area contributed by atoms with Crippen molar-refractivity contribution in [3.05, 3.63) is 46.5 Å². The molecule has 136 valence electrons. The maximum Gasteiger partial charge on any atom is 0.338 e. The third kappa shape index (κ3) is 4.66. The molecule has 7 nitrogen and oxygen atoms in total. The summed E-state index contributed by atoms with van der Waals surface area (Å²) in [5.41, 5.74) is 2.13. The summed E-state index contributed by atoms with van der Waals surface area (Å²) in [5.74, 6) is -0.842. The lowest BCUT2D eigenvalue weighted by molar-refractivity contribution is -0.128. The van der Waals surface area contributed by atoms with Gasteiger partial charge in [-0.05, 0) is 31.0 Å². The van der Waals surface area contributed by atoms with Crippen LogP contribution >= 0.6 is 11.3 Å². The number of hydrogen-bond acceptors (Lipinski definition) is 6. The Morgan fingerprint density at radius 1 is 1.31 bits per heavy atom. The fourth-order valence-electron chi connectivity index (χ4n) is 2.62. The number of carbonyl (C=O) groups excluding carboxylic acids is 3. The number of aryl methyl sites for hydroxylation is 1. The number of benzene rings is 1. The van der Waals surface area contributed by atoms with Gasteiger partial charge in [0.15, 0.2) is 11.7 Å². The predicted octanol–water partition coefficient (Wildman–Crippen LogP) is 2.37. The highest BCUT2D eigenvalue weighted by molar-refractivity contribution is 7.13. The molecule has 1 fully saturated rings. The molecule has 2 heterocycles. The van der Waals surface area contributed by atoms with Crippen molar-refractivity contribution in [1.82, 2.24) is 9.88 Å². The van der Waals surface area contributed by atoms with Crippen molar-refractivity contribution in [3.63, 3.8) is 0 Å². The SMILES string of the molecule is Cc1csc(NC(=O)COC(=O)c2ccc(CN3CCCC3=O)cc2)n1. The van der Waals surface area contributed by atoms with Crippen LogP contribution in [0.2, 0.25) is 0 Å². The molecule has 3 rings (SSSR count). The number of thiazole rings is 1. The van der Waals surface area contributed by atoms with E-state index in [0.717, 1.165) is 24.2 Å². The average molecular weight is 373 g/mol. The molecule has 2 aromatic rings. The van der Waals surface area contributed by atoms with Crippen molar-refractivity contribution < 1.29 is 19.1 Å². The Bertz CT molecular complexity index is 816. The molecule has 1 N–H and O–H groups in total. The molecule has 0 unspecified atom stereocenters. The molecule has 0 spiro atoms. The predicted molar refractivity (Wildman–Crippen MR) is 96.9 cm³/mol. The Morgan fingerprint density at radius 3 is 2.69 bits per heavy atom. The minimum atomic E-state index is -0.570. The van der Waals surface area contributed by atoms with E-state index in [2.05, 4.69) is 10.3 Å². The van der Waals surface area contributed by atoms with Crippen LogP contribution in [0.1, 0.15) is 34.5 Å². The lowest BCUT2D eigenvalue weighted by Crippen LogP contribution is -2.23. The fraction of sp³-hybridized carbons (Fsp3) is 0.333. The number of hydrogen-bond donors (Lipinski definition) is 1. The van der Waals surface area contributed by atoms with Crippen LogP contribution in [0.4, 0.5) is 5.13 Å². The average Bonchev–Trinajstić information content (AvgIpc) is 3.22. The van der Waals surface area contributed by atoms with E-state index < -0.39 is 11.9 Å². The normalized spacial score (nSPS) is 13.7. The largest absolute Gasteiger partial charge is 0.452 e. The molecule has 1 aromatic carbocycles. The van der Waals surface area contributed by atoms with Gasteiger partial charge in [0, 0.05) is 24.9 Å². The van der Waals surface area contributed by atoms with E-state index in [1.165, 1.54) is 11.3 Å². The molecule has 1 aromatic heterocycles. The van der Waals surface area contributed by atoms with Crippen LogP contribution in [-0.2, 0) is 20.9 Å². The van der Waals surface area contributed by atoms with Crippen LogP contribution in [0.3, 0.4) is 0 Å². The summed E-state index contributed by atoms with van der Waals surface area (Å²) < 4.78 is 5.02. The van der Waals surface area contributed by atoms with Crippen molar-refractivity contribution in [1.29, 1.82) is 0 Å². The number of amides is 2. The zero-order chi connectivity index (χ0) is 18.5. The first kappa shape index (κ1) is 18.1. The first-order chi connectivity index (χ1) is 12.5. The first-order valence-corrected chi connectivity index (χ1v) is 9.15. The summed E-state index contributed by atoms with van der Waals surface area (Å²) >= 11 is 1.31. The number of anilines is 1. The summed E-state index contributed by atoms with van der Waals surface area (Å²) in [7, 11) is 0. The molecule has 2 amide bonds. The second-order valence-corrected chi connectivity index (χ2v) is 6.89. The Morgan fingerprint density at radius 2 is 2.08 bits per heavy atom. The fourth-order valence-corrected chi connectivity index (χ4v) is 3.32. The third-order valence-electron chi connectivity index (χ3n) is 3.93. The highest BCUT2D eigenvalue weighted by atomic mass is 32.1. The van der Waals surface area contributed by atoms with E-state index in [0.29, 0.717) is 23.7 Å². The molecule has 0 radical (unpaired) electrons. The van der Waals surface area contributed by atoms with Crippen molar-refractivity contribution >= 4 is 34.3 Å². The number of carbonyl (C=O) groups is 3.